The minimum absolute atomic E-state index is 0.0492. The van der Waals surface area contributed by atoms with Crippen molar-refractivity contribution in [1.29, 1.82) is 0 Å². The SMILES string of the molecule is CO[S+](C)c1cccc(-c2cnn3cc(-c4ccc(C(F)(F)CN5CCCCC5)cc4)cnc23)c1. The Morgan fingerprint density at radius 3 is 2.49 bits per heavy atom. The van der Waals surface area contributed by atoms with Crippen LogP contribution in [0.3, 0.4) is 0 Å². The molecule has 0 N–H and O–H groups in total. The first kappa shape index (κ1) is 23.9. The molecule has 0 amide bonds. The van der Waals surface area contributed by atoms with Crippen molar-refractivity contribution < 1.29 is 13.0 Å². The van der Waals surface area contributed by atoms with Gasteiger partial charge in [0.2, 0.25) is 0 Å². The predicted molar refractivity (Wildman–Crippen MR) is 137 cm³/mol. The van der Waals surface area contributed by atoms with Gasteiger partial charge in [0.1, 0.15) is 6.26 Å². The number of nitrogens with zero attached hydrogens (tertiary/aromatic N) is 4. The number of alkyl halides is 2. The van der Waals surface area contributed by atoms with Crippen molar-refractivity contribution in [1.82, 2.24) is 19.5 Å². The Bertz CT molecular complexity index is 1300. The minimum atomic E-state index is -2.87. The molecular weight excluding hydrogens is 466 g/mol. The largest absolute Gasteiger partial charge is 0.297 e. The summed E-state index contributed by atoms with van der Waals surface area (Å²) in [5.74, 6) is -2.87. The molecule has 182 valence electrons. The van der Waals surface area contributed by atoms with Gasteiger partial charge in [-0.3, -0.25) is 4.90 Å². The summed E-state index contributed by atoms with van der Waals surface area (Å²) < 4.78 is 36.9. The molecule has 4 aromatic rings. The molecule has 3 heterocycles. The van der Waals surface area contributed by atoms with Gasteiger partial charge in [-0.2, -0.15) is 18.1 Å². The first-order valence-corrected chi connectivity index (χ1v) is 13.4. The van der Waals surface area contributed by atoms with E-state index in [9.17, 15) is 8.78 Å². The molecular formula is C27H29F2N4OS+. The van der Waals surface area contributed by atoms with Gasteiger partial charge in [-0.1, -0.05) is 42.8 Å². The third kappa shape index (κ3) is 5.10. The molecule has 1 fully saturated rings. The summed E-state index contributed by atoms with van der Waals surface area (Å²) in [6.07, 6.45) is 10.6. The van der Waals surface area contributed by atoms with Crippen LogP contribution in [-0.2, 0) is 21.3 Å². The Labute approximate surface area is 207 Å². The second-order valence-electron chi connectivity index (χ2n) is 8.94. The standard InChI is InChI=1S/C27H29F2N4OS/c1-34-35(2)24-8-6-7-21(15-24)25-17-31-33-18-22(16-30-26(25)33)20-9-11-23(12-10-20)27(28,29)19-32-13-4-3-5-14-32/h6-12,15-18H,3-5,13-14,19H2,1-2H3/q+1. The molecule has 5 rings (SSSR count). The van der Waals surface area contributed by atoms with Crippen LogP contribution in [0.4, 0.5) is 8.78 Å². The summed E-state index contributed by atoms with van der Waals surface area (Å²) >= 11 is -0.289. The van der Waals surface area contributed by atoms with Crippen LogP contribution in [0.15, 0.2) is 72.0 Å². The van der Waals surface area contributed by atoms with Crippen molar-refractivity contribution in [3.63, 3.8) is 0 Å². The van der Waals surface area contributed by atoms with Crippen LogP contribution in [0.2, 0.25) is 0 Å². The molecule has 1 unspecified atom stereocenters. The van der Waals surface area contributed by atoms with E-state index in [1.165, 1.54) is 12.1 Å². The lowest BCUT2D eigenvalue weighted by Crippen LogP contribution is -2.38. The highest BCUT2D eigenvalue weighted by atomic mass is 32.2. The molecule has 0 spiro atoms. The van der Waals surface area contributed by atoms with Gasteiger partial charge in [-0.15, -0.1) is 0 Å². The van der Waals surface area contributed by atoms with Crippen LogP contribution in [0.25, 0.3) is 27.9 Å². The smallest absolute Gasteiger partial charge is 0.285 e. The first-order valence-electron chi connectivity index (χ1n) is 11.8. The van der Waals surface area contributed by atoms with E-state index in [1.54, 1.807) is 36.2 Å². The molecule has 35 heavy (non-hydrogen) atoms. The third-order valence-corrected chi connectivity index (χ3v) is 8.01. The zero-order valence-electron chi connectivity index (χ0n) is 20.0. The number of hydrogen-bond acceptors (Lipinski definition) is 4. The summed E-state index contributed by atoms with van der Waals surface area (Å²) in [4.78, 5) is 7.63. The average molecular weight is 496 g/mol. The second kappa shape index (κ2) is 10.0. The Morgan fingerprint density at radius 2 is 1.74 bits per heavy atom. The number of rotatable bonds is 7. The molecule has 8 heteroatoms. The van der Waals surface area contributed by atoms with E-state index < -0.39 is 5.92 Å². The third-order valence-electron chi connectivity index (χ3n) is 6.59. The number of hydrogen-bond donors (Lipinski definition) is 0. The van der Waals surface area contributed by atoms with E-state index in [0.717, 1.165) is 65.1 Å². The molecule has 1 aliphatic heterocycles. The molecule has 0 radical (unpaired) electrons. The summed E-state index contributed by atoms with van der Waals surface area (Å²) in [5, 5.41) is 4.50. The lowest BCUT2D eigenvalue weighted by atomic mass is 10.0. The van der Waals surface area contributed by atoms with E-state index >= 15 is 0 Å². The van der Waals surface area contributed by atoms with Gasteiger partial charge in [0.05, 0.1) is 19.9 Å². The molecule has 0 aliphatic carbocycles. The zero-order chi connectivity index (χ0) is 24.4. The lowest BCUT2D eigenvalue weighted by molar-refractivity contribution is -0.0415. The summed E-state index contributed by atoms with van der Waals surface area (Å²) in [7, 11) is 1.70. The van der Waals surface area contributed by atoms with Crippen molar-refractivity contribution in [2.75, 3.05) is 33.0 Å². The van der Waals surface area contributed by atoms with Crippen LogP contribution in [0.5, 0.6) is 0 Å². The van der Waals surface area contributed by atoms with Crippen LogP contribution in [-0.4, -0.2) is 52.5 Å². The highest BCUT2D eigenvalue weighted by Crippen LogP contribution is 2.32. The van der Waals surface area contributed by atoms with E-state index in [0.29, 0.717) is 0 Å². The fourth-order valence-electron chi connectivity index (χ4n) is 4.56. The average Bonchev–Trinajstić information content (AvgIpc) is 3.32. The summed E-state index contributed by atoms with van der Waals surface area (Å²) in [6, 6.07) is 14.7. The minimum Gasteiger partial charge on any atom is -0.297 e. The molecule has 0 saturated carbocycles. The fraction of sp³-hybridized carbons (Fsp3) is 0.333. The normalized spacial score (nSPS) is 16.0. The van der Waals surface area contributed by atoms with Gasteiger partial charge < -0.3 is 0 Å². The topological polar surface area (TPSA) is 42.7 Å². The Balaban J connectivity index is 1.37. The first-order chi connectivity index (χ1) is 16.9. The number of aromatic nitrogens is 3. The van der Waals surface area contributed by atoms with Gasteiger partial charge in [0, 0.05) is 35.2 Å². The van der Waals surface area contributed by atoms with E-state index in [-0.39, 0.29) is 23.3 Å². The van der Waals surface area contributed by atoms with Crippen molar-refractivity contribution >= 4 is 16.8 Å². The quantitative estimate of drug-likeness (QED) is 0.304. The second-order valence-corrected chi connectivity index (χ2v) is 10.6. The highest BCUT2D eigenvalue weighted by Gasteiger charge is 2.34. The van der Waals surface area contributed by atoms with Crippen molar-refractivity contribution in [2.24, 2.45) is 0 Å². The van der Waals surface area contributed by atoms with E-state index in [2.05, 4.69) is 16.1 Å². The number of fused-ring (bicyclic) bond motifs is 1. The van der Waals surface area contributed by atoms with Crippen LogP contribution in [0.1, 0.15) is 24.8 Å². The Hall–Kier alpha value is -2.81. The van der Waals surface area contributed by atoms with E-state index in [1.807, 2.05) is 35.6 Å². The van der Waals surface area contributed by atoms with Crippen molar-refractivity contribution in [2.45, 2.75) is 30.1 Å². The maximum atomic E-state index is 14.9. The molecule has 1 aliphatic rings. The van der Waals surface area contributed by atoms with Gasteiger partial charge in [-0.25, -0.2) is 9.50 Å². The number of likely N-dealkylation sites (tertiary alicyclic amines) is 1. The summed E-state index contributed by atoms with van der Waals surface area (Å²) in [5.41, 5.74) is 4.39. The fourth-order valence-corrected chi connectivity index (χ4v) is 5.32. The monoisotopic (exact) mass is 495 g/mol. The predicted octanol–water partition coefficient (Wildman–Crippen LogP) is 5.81. The van der Waals surface area contributed by atoms with E-state index in [4.69, 9.17) is 4.18 Å². The van der Waals surface area contributed by atoms with Crippen molar-refractivity contribution in [3.05, 3.63) is 72.7 Å². The molecule has 1 atom stereocenters. The van der Waals surface area contributed by atoms with Gasteiger partial charge >= 0.3 is 0 Å². The molecule has 2 aromatic carbocycles. The molecule has 0 bridgehead atoms. The molecule has 5 nitrogen and oxygen atoms in total. The van der Waals surface area contributed by atoms with Crippen molar-refractivity contribution in [3.8, 4) is 22.3 Å². The summed E-state index contributed by atoms with van der Waals surface area (Å²) in [6.45, 7) is 1.28. The van der Waals surface area contributed by atoms with Crippen LogP contribution < -0.4 is 0 Å². The maximum Gasteiger partial charge on any atom is 0.285 e. The highest BCUT2D eigenvalue weighted by molar-refractivity contribution is 7.91. The van der Waals surface area contributed by atoms with Gasteiger partial charge in [-0.05, 0) is 43.1 Å². The number of halogens is 2. The Morgan fingerprint density at radius 1 is 0.971 bits per heavy atom. The lowest BCUT2D eigenvalue weighted by Gasteiger charge is -2.30. The van der Waals surface area contributed by atoms with Gasteiger partial charge in [0.15, 0.2) is 21.7 Å². The number of piperidine rings is 1. The Kier molecular flexibility index (Phi) is 6.86. The van der Waals surface area contributed by atoms with Crippen LogP contribution in [0, 0.1) is 0 Å². The zero-order valence-corrected chi connectivity index (χ0v) is 20.8. The van der Waals surface area contributed by atoms with Crippen LogP contribution >= 0.6 is 0 Å². The maximum absolute atomic E-state index is 14.9. The molecule has 1 saturated heterocycles. The number of benzene rings is 2. The molecule has 2 aromatic heterocycles. The van der Waals surface area contributed by atoms with Gasteiger partial charge in [0.25, 0.3) is 5.92 Å².